The highest BCUT2D eigenvalue weighted by Crippen LogP contribution is 2.20. The predicted octanol–water partition coefficient (Wildman–Crippen LogP) is 2.50. The van der Waals surface area contributed by atoms with E-state index in [-0.39, 0.29) is 12.3 Å². The van der Waals surface area contributed by atoms with Crippen molar-refractivity contribution in [2.24, 2.45) is 0 Å². The second-order valence-electron chi connectivity index (χ2n) is 4.37. The molecule has 0 saturated carbocycles. The SMILES string of the molecule is Cc1ccc(OCc2nc(C#N)c(N(C)C)o2)cc1. The number of nitriles is 1. The van der Waals surface area contributed by atoms with Crippen LogP contribution in [0.5, 0.6) is 5.75 Å². The van der Waals surface area contributed by atoms with Gasteiger partial charge in [0.2, 0.25) is 17.5 Å². The minimum absolute atomic E-state index is 0.200. The van der Waals surface area contributed by atoms with Gasteiger partial charge in [0.15, 0.2) is 6.61 Å². The number of hydrogen-bond acceptors (Lipinski definition) is 5. The third-order valence-electron chi connectivity index (χ3n) is 2.55. The van der Waals surface area contributed by atoms with Crippen LogP contribution >= 0.6 is 0 Å². The van der Waals surface area contributed by atoms with Crippen LogP contribution < -0.4 is 9.64 Å². The fourth-order valence-corrected chi connectivity index (χ4v) is 1.57. The summed E-state index contributed by atoms with van der Waals surface area (Å²) in [6.07, 6.45) is 0. The summed E-state index contributed by atoms with van der Waals surface area (Å²) in [6, 6.07) is 9.71. The fourth-order valence-electron chi connectivity index (χ4n) is 1.57. The van der Waals surface area contributed by atoms with Crippen LogP contribution in [0.3, 0.4) is 0 Å². The number of anilines is 1. The number of oxazole rings is 1. The molecule has 0 aliphatic carbocycles. The van der Waals surface area contributed by atoms with E-state index < -0.39 is 0 Å². The number of ether oxygens (including phenoxy) is 1. The number of aromatic nitrogens is 1. The second-order valence-corrected chi connectivity index (χ2v) is 4.37. The summed E-state index contributed by atoms with van der Waals surface area (Å²) in [5.74, 6) is 1.58. The highest BCUT2D eigenvalue weighted by molar-refractivity contribution is 5.46. The van der Waals surface area contributed by atoms with Crippen LogP contribution in [0.4, 0.5) is 5.88 Å². The molecule has 0 radical (unpaired) electrons. The smallest absolute Gasteiger partial charge is 0.236 e. The van der Waals surface area contributed by atoms with Gasteiger partial charge in [-0.15, -0.1) is 0 Å². The Hall–Kier alpha value is -2.48. The molecule has 0 spiro atoms. The van der Waals surface area contributed by atoms with Gasteiger partial charge in [-0.25, -0.2) is 0 Å². The third-order valence-corrected chi connectivity index (χ3v) is 2.55. The Kier molecular flexibility index (Phi) is 3.71. The topological polar surface area (TPSA) is 62.3 Å². The van der Waals surface area contributed by atoms with E-state index in [9.17, 15) is 0 Å². The van der Waals surface area contributed by atoms with Gasteiger partial charge in [0.1, 0.15) is 11.8 Å². The first-order chi connectivity index (χ1) is 9.10. The van der Waals surface area contributed by atoms with Crippen LogP contribution in [-0.4, -0.2) is 19.1 Å². The minimum atomic E-state index is 0.200. The van der Waals surface area contributed by atoms with Gasteiger partial charge in [0.05, 0.1) is 0 Å². The summed E-state index contributed by atoms with van der Waals surface area (Å²) in [6.45, 7) is 2.21. The van der Waals surface area contributed by atoms with E-state index in [0.29, 0.717) is 11.8 Å². The first-order valence-corrected chi connectivity index (χ1v) is 5.86. The summed E-state index contributed by atoms with van der Waals surface area (Å²) in [4.78, 5) is 5.80. The Morgan fingerprint density at radius 3 is 2.53 bits per heavy atom. The molecule has 1 aromatic heterocycles. The average molecular weight is 257 g/mol. The molecule has 0 N–H and O–H groups in total. The zero-order valence-corrected chi connectivity index (χ0v) is 11.2. The van der Waals surface area contributed by atoms with Crippen LogP contribution in [-0.2, 0) is 6.61 Å². The van der Waals surface area contributed by atoms with Crippen molar-refractivity contribution in [3.8, 4) is 11.8 Å². The van der Waals surface area contributed by atoms with Crippen molar-refractivity contribution in [1.82, 2.24) is 4.98 Å². The number of benzene rings is 1. The van der Waals surface area contributed by atoms with E-state index in [1.54, 1.807) is 19.0 Å². The molecule has 2 rings (SSSR count). The van der Waals surface area contributed by atoms with E-state index in [4.69, 9.17) is 14.4 Å². The minimum Gasteiger partial charge on any atom is -0.484 e. The molecule has 0 aliphatic rings. The largest absolute Gasteiger partial charge is 0.484 e. The first kappa shape index (κ1) is 13.0. The molecule has 5 nitrogen and oxygen atoms in total. The number of rotatable bonds is 4. The van der Waals surface area contributed by atoms with Gasteiger partial charge < -0.3 is 14.1 Å². The lowest BCUT2D eigenvalue weighted by Gasteiger charge is -2.06. The van der Waals surface area contributed by atoms with Gasteiger partial charge in [-0.1, -0.05) is 17.7 Å². The maximum atomic E-state index is 8.96. The second kappa shape index (κ2) is 5.44. The molecule has 0 saturated heterocycles. The molecule has 98 valence electrons. The molecule has 0 bridgehead atoms. The van der Waals surface area contributed by atoms with Crippen molar-refractivity contribution in [3.05, 3.63) is 41.4 Å². The molecule has 1 aromatic carbocycles. The van der Waals surface area contributed by atoms with Crippen LogP contribution in [0.1, 0.15) is 17.1 Å². The summed E-state index contributed by atoms with van der Waals surface area (Å²) < 4.78 is 11.0. The summed E-state index contributed by atoms with van der Waals surface area (Å²) in [5, 5.41) is 8.96. The van der Waals surface area contributed by atoms with E-state index in [0.717, 1.165) is 5.75 Å². The molecule has 0 unspecified atom stereocenters. The standard InChI is InChI=1S/C14H15N3O2/c1-10-4-6-11(7-5-10)18-9-13-16-12(8-15)14(19-13)17(2)3/h4-7H,9H2,1-3H3. The highest BCUT2D eigenvalue weighted by atomic mass is 16.5. The van der Waals surface area contributed by atoms with Gasteiger partial charge in [0.25, 0.3) is 0 Å². The van der Waals surface area contributed by atoms with Crippen LogP contribution in [0, 0.1) is 18.3 Å². The fraction of sp³-hybridized carbons (Fsp3) is 0.286. The highest BCUT2D eigenvalue weighted by Gasteiger charge is 2.14. The van der Waals surface area contributed by atoms with Crippen molar-refractivity contribution in [1.29, 1.82) is 5.26 Å². The van der Waals surface area contributed by atoms with Crippen molar-refractivity contribution in [2.45, 2.75) is 13.5 Å². The lowest BCUT2D eigenvalue weighted by molar-refractivity contribution is 0.264. The monoisotopic (exact) mass is 257 g/mol. The Balaban J connectivity index is 2.08. The van der Waals surface area contributed by atoms with Crippen molar-refractivity contribution in [2.75, 3.05) is 19.0 Å². The number of aryl methyl sites for hydroxylation is 1. The number of hydrogen-bond donors (Lipinski definition) is 0. The Morgan fingerprint density at radius 2 is 2.00 bits per heavy atom. The molecule has 0 amide bonds. The van der Waals surface area contributed by atoms with Gasteiger partial charge >= 0.3 is 0 Å². The Morgan fingerprint density at radius 1 is 1.32 bits per heavy atom. The van der Waals surface area contributed by atoms with Crippen LogP contribution in [0.25, 0.3) is 0 Å². The summed E-state index contributed by atoms with van der Waals surface area (Å²) >= 11 is 0. The molecule has 1 heterocycles. The predicted molar refractivity (Wildman–Crippen MR) is 71.1 cm³/mol. The van der Waals surface area contributed by atoms with Crippen molar-refractivity contribution >= 4 is 5.88 Å². The lowest BCUT2D eigenvalue weighted by Crippen LogP contribution is -2.08. The van der Waals surface area contributed by atoms with Gasteiger partial charge in [-0.2, -0.15) is 10.2 Å². The molecular formula is C14H15N3O2. The molecule has 0 aliphatic heterocycles. The summed E-state index contributed by atoms with van der Waals surface area (Å²) in [5.41, 5.74) is 1.44. The Labute approximate surface area is 112 Å². The van der Waals surface area contributed by atoms with Crippen molar-refractivity contribution in [3.63, 3.8) is 0 Å². The van der Waals surface area contributed by atoms with Gasteiger partial charge in [0, 0.05) is 14.1 Å². The van der Waals surface area contributed by atoms with E-state index >= 15 is 0 Å². The molecule has 19 heavy (non-hydrogen) atoms. The third kappa shape index (κ3) is 3.05. The van der Waals surface area contributed by atoms with Crippen molar-refractivity contribution < 1.29 is 9.15 Å². The van der Waals surface area contributed by atoms with E-state index in [2.05, 4.69) is 4.98 Å². The summed E-state index contributed by atoms with van der Waals surface area (Å²) in [7, 11) is 3.60. The average Bonchev–Trinajstić information content (AvgIpc) is 2.81. The molecule has 0 fully saturated rings. The molecule has 5 heteroatoms. The zero-order chi connectivity index (χ0) is 13.8. The normalized spacial score (nSPS) is 10.0. The van der Waals surface area contributed by atoms with E-state index in [1.807, 2.05) is 37.3 Å². The zero-order valence-electron chi connectivity index (χ0n) is 11.2. The molecule has 2 aromatic rings. The Bertz CT molecular complexity index is 594. The van der Waals surface area contributed by atoms with Gasteiger partial charge in [-0.05, 0) is 19.1 Å². The van der Waals surface area contributed by atoms with Crippen LogP contribution in [0.15, 0.2) is 28.7 Å². The lowest BCUT2D eigenvalue weighted by atomic mass is 10.2. The maximum absolute atomic E-state index is 8.96. The van der Waals surface area contributed by atoms with Crippen LogP contribution in [0.2, 0.25) is 0 Å². The van der Waals surface area contributed by atoms with E-state index in [1.165, 1.54) is 5.56 Å². The van der Waals surface area contributed by atoms with Gasteiger partial charge in [-0.3, -0.25) is 0 Å². The maximum Gasteiger partial charge on any atom is 0.236 e. The number of nitrogens with zero attached hydrogens (tertiary/aromatic N) is 3. The molecular weight excluding hydrogens is 242 g/mol. The molecule has 0 atom stereocenters. The quantitative estimate of drug-likeness (QED) is 0.842. The first-order valence-electron chi connectivity index (χ1n) is 5.86.